The maximum absolute atomic E-state index is 12.0. The van der Waals surface area contributed by atoms with Crippen LogP contribution in [0.2, 0.25) is 0 Å². The highest BCUT2D eigenvalue weighted by atomic mass is 32.2. The van der Waals surface area contributed by atoms with Crippen molar-refractivity contribution >= 4 is 21.4 Å². The molecule has 0 atom stereocenters. The van der Waals surface area contributed by atoms with Crippen LogP contribution >= 0.6 is 11.3 Å². The summed E-state index contributed by atoms with van der Waals surface area (Å²) in [6, 6.07) is 1.57. The fraction of sp³-hybridized carbons (Fsp3) is 0.364. The van der Waals surface area contributed by atoms with Gasteiger partial charge in [-0.25, -0.2) is 18.1 Å². The Morgan fingerprint density at radius 2 is 2.32 bits per heavy atom. The van der Waals surface area contributed by atoms with Crippen molar-refractivity contribution in [2.45, 2.75) is 24.2 Å². The normalized spacial score (nSPS) is 11.9. The minimum atomic E-state index is -3.51. The molecule has 0 fully saturated rings. The lowest BCUT2D eigenvalue weighted by atomic mass is 10.3. The Morgan fingerprint density at radius 1 is 1.53 bits per heavy atom. The van der Waals surface area contributed by atoms with Gasteiger partial charge in [0.15, 0.2) is 0 Å². The lowest BCUT2D eigenvalue weighted by Crippen LogP contribution is -2.25. The minimum Gasteiger partial charge on any atom is -0.391 e. The Bertz CT molecular complexity index is 632. The fourth-order valence-corrected chi connectivity index (χ4v) is 4.11. The summed E-state index contributed by atoms with van der Waals surface area (Å²) in [6.07, 6.45) is 3.82. The number of aryl methyl sites for hydroxylation is 1. The highest BCUT2D eigenvalue weighted by molar-refractivity contribution is 7.91. The molecule has 0 aromatic carbocycles. The van der Waals surface area contributed by atoms with E-state index in [2.05, 4.69) is 14.7 Å². The Hall–Kier alpha value is -1.22. The summed E-state index contributed by atoms with van der Waals surface area (Å²) in [5.74, 6) is 0.737. The van der Waals surface area contributed by atoms with Crippen molar-refractivity contribution < 1.29 is 13.5 Å². The number of aliphatic hydroxyl groups excluding tert-OH is 1. The first-order chi connectivity index (χ1) is 9.03. The van der Waals surface area contributed by atoms with E-state index in [1.54, 1.807) is 25.4 Å². The number of aliphatic hydroxyl groups is 1. The molecule has 2 heterocycles. The minimum absolute atomic E-state index is 0.140. The van der Waals surface area contributed by atoms with Gasteiger partial charge in [-0.1, -0.05) is 0 Å². The van der Waals surface area contributed by atoms with Crippen molar-refractivity contribution in [2.75, 3.05) is 6.54 Å². The van der Waals surface area contributed by atoms with Gasteiger partial charge in [0.2, 0.25) is 10.0 Å². The van der Waals surface area contributed by atoms with Crippen molar-refractivity contribution in [1.82, 2.24) is 14.7 Å². The van der Waals surface area contributed by atoms with Gasteiger partial charge in [-0.2, -0.15) is 0 Å². The van der Waals surface area contributed by atoms with Gasteiger partial charge < -0.3 is 10.1 Å². The number of hydrogen-bond donors (Lipinski definition) is 3. The molecule has 0 aliphatic heterocycles. The van der Waals surface area contributed by atoms with Crippen molar-refractivity contribution in [1.29, 1.82) is 0 Å². The van der Waals surface area contributed by atoms with Crippen LogP contribution in [-0.4, -0.2) is 30.0 Å². The average Bonchev–Trinajstić information content (AvgIpc) is 2.98. The molecule has 2 rings (SSSR count). The second-order valence-corrected chi connectivity index (χ2v) is 7.14. The van der Waals surface area contributed by atoms with E-state index in [0.717, 1.165) is 22.7 Å². The van der Waals surface area contributed by atoms with Crippen LogP contribution in [0.15, 0.2) is 22.7 Å². The Balaban J connectivity index is 2.01. The summed E-state index contributed by atoms with van der Waals surface area (Å²) in [5.41, 5.74) is 0.791. The van der Waals surface area contributed by atoms with E-state index >= 15 is 0 Å². The molecule has 19 heavy (non-hydrogen) atoms. The number of rotatable bonds is 6. The van der Waals surface area contributed by atoms with Gasteiger partial charge in [-0.05, 0) is 18.6 Å². The zero-order chi connectivity index (χ0) is 13.9. The number of imidazole rings is 1. The van der Waals surface area contributed by atoms with Crippen LogP contribution in [0, 0.1) is 6.92 Å². The third kappa shape index (κ3) is 3.41. The summed E-state index contributed by atoms with van der Waals surface area (Å²) in [7, 11) is -3.51. The van der Waals surface area contributed by atoms with Crippen LogP contribution in [0.25, 0.3) is 0 Å². The van der Waals surface area contributed by atoms with E-state index in [9.17, 15) is 8.42 Å². The van der Waals surface area contributed by atoms with E-state index in [4.69, 9.17) is 5.11 Å². The Kier molecular flexibility index (Phi) is 4.35. The first-order valence-corrected chi connectivity index (χ1v) is 8.01. The molecule has 0 saturated carbocycles. The molecule has 0 aliphatic rings. The number of aromatic nitrogens is 2. The zero-order valence-electron chi connectivity index (χ0n) is 10.4. The summed E-state index contributed by atoms with van der Waals surface area (Å²) in [4.78, 5) is 7.60. The monoisotopic (exact) mass is 301 g/mol. The van der Waals surface area contributed by atoms with Crippen LogP contribution < -0.4 is 4.72 Å². The van der Waals surface area contributed by atoms with Crippen molar-refractivity contribution in [3.63, 3.8) is 0 Å². The van der Waals surface area contributed by atoms with Crippen molar-refractivity contribution in [2.24, 2.45) is 0 Å². The Morgan fingerprint density at radius 3 is 2.89 bits per heavy atom. The van der Waals surface area contributed by atoms with Gasteiger partial charge in [-0.15, -0.1) is 11.3 Å². The first kappa shape index (κ1) is 14.2. The van der Waals surface area contributed by atoms with E-state index in [0.29, 0.717) is 11.3 Å². The number of hydrogen-bond acceptors (Lipinski definition) is 5. The molecular formula is C11H15N3O3S2. The predicted octanol–water partition coefficient (Wildman–Crippen LogP) is 0.793. The smallest absolute Gasteiger partial charge is 0.250 e. The van der Waals surface area contributed by atoms with E-state index < -0.39 is 10.0 Å². The molecule has 2 aromatic rings. The summed E-state index contributed by atoms with van der Waals surface area (Å²) < 4.78 is 26.8. The lowest BCUT2D eigenvalue weighted by Gasteiger charge is -2.03. The molecule has 104 valence electrons. The number of aromatic amines is 1. The maximum atomic E-state index is 12.0. The number of sulfonamides is 1. The van der Waals surface area contributed by atoms with Crippen molar-refractivity contribution in [3.05, 3.63) is 34.7 Å². The van der Waals surface area contributed by atoms with Crippen LogP contribution in [0.3, 0.4) is 0 Å². The van der Waals surface area contributed by atoms with E-state index in [1.807, 2.05) is 0 Å². The van der Waals surface area contributed by atoms with Gasteiger partial charge in [-0.3, -0.25) is 0 Å². The average molecular weight is 301 g/mol. The molecule has 6 nitrogen and oxygen atoms in total. The number of nitrogens with zero attached hydrogens (tertiary/aromatic N) is 1. The lowest BCUT2D eigenvalue weighted by molar-refractivity contribution is 0.285. The molecule has 0 amide bonds. The van der Waals surface area contributed by atoms with E-state index in [1.165, 1.54) is 0 Å². The quantitative estimate of drug-likeness (QED) is 0.735. The maximum Gasteiger partial charge on any atom is 0.250 e. The van der Waals surface area contributed by atoms with E-state index in [-0.39, 0.29) is 17.4 Å². The third-order valence-electron chi connectivity index (χ3n) is 2.62. The Labute approximate surface area is 115 Å². The summed E-state index contributed by atoms with van der Waals surface area (Å²) in [5, 5.41) is 9.08. The second kappa shape index (κ2) is 5.83. The van der Waals surface area contributed by atoms with Gasteiger partial charge in [0.25, 0.3) is 0 Å². The largest absolute Gasteiger partial charge is 0.391 e. The van der Waals surface area contributed by atoms with Gasteiger partial charge in [0.05, 0.1) is 6.61 Å². The van der Waals surface area contributed by atoms with Gasteiger partial charge >= 0.3 is 0 Å². The third-order valence-corrected chi connectivity index (χ3v) is 5.77. The standard InChI is InChI=1S/C11H15N3O3S2/c1-8-6-11(18-9(8)7-15)19(16,17)14-3-2-10-12-4-5-13-10/h4-6,14-15H,2-3,7H2,1H3,(H,12,13). The van der Waals surface area contributed by atoms with Gasteiger partial charge in [0, 0.05) is 30.2 Å². The highest BCUT2D eigenvalue weighted by Gasteiger charge is 2.18. The van der Waals surface area contributed by atoms with Crippen LogP contribution in [-0.2, 0) is 23.1 Å². The number of thiophene rings is 1. The summed E-state index contributed by atoms with van der Waals surface area (Å²) >= 11 is 1.09. The molecule has 2 aromatic heterocycles. The molecular weight excluding hydrogens is 286 g/mol. The molecule has 0 aliphatic carbocycles. The first-order valence-electron chi connectivity index (χ1n) is 5.71. The highest BCUT2D eigenvalue weighted by Crippen LogP contribution is 2.25. The van der Waals surface area contributed by atoms with Crippen LogP contribution in [0.1, 0.15) is 16.3 Å². The topological polar surface area (TPSA) is 95.1 Å². The second-order valence-electron chi connectivity index (χ2n) is 4.01. The molecule has 0 unspecified atom stereocenters. The fourth-order valence-electron chi connectivity index (χ4n) is 1.59. The molecule has 3 N–H and O–H groups in total. The van der Waals surface area contributed by atoms with Gasteiger partial charge in [0.1, 0.15) is 10.0 Å². The summed E-state index contributed by atoms with van der Waals surface area (Å²) in [6.45, 7) is 1.92. The predicted molar refractivity (Wildman–Crippen MR) is 72.5 cm³/mol. The number of H-pyrrole nitrogens is 1. The van der Waals surface area contributed by atoms with Crippen LogP contribution in [0.4, 0.5) is 0 Å². The molecule has 0 radical (unpaired) electrons. The molecule has 0 bridgehead atoms. The molecule has 0 spiro atoms. The molecule has 0 saturated heterocycles. The SMILES string of the molecule is Cc1cc(S(=O)(=O)NCCc2ncc[nH]2)sc1CO. The zero-order valence-corrected chi connectivity index (χ0v) is 12.0. The number of nitrogens with one attached hydrogen (secondary N) is 2. The molecule has 8 heteroatoms. The van der Waals surface area contributed by atoms with Crippen LogP contribution in [0.5, 0.6) is 0 Å². The van der Waals surface area contributed by atoms with Crippen molar-refractivity contribution in [3.8, 4) is 0 Å².